The Kier molecular flexibility index (Phi) is 4.85. The second-order valence-electron chi connectivity index (χ2n) is 6.38. The highest BCUT2D eigenvalue weighted by atomic mass is 79.9. The average Bonchev–Trinajstić information content (AvgIpc) is 3.10. The van der Waals surface area contributed by atoms with Gasteiger partial charge < -0.3 is 0 Å². The molecule has 2 aromatic heterocycles. The molecule has 24 heavy (non-hydrogen) atoms. The summed E-state index contributed by atoms with van der Waals surface area (Å²) in [5.74, 6) is 0.701. The Hall–Kier alpha value is -1.57. The molecule has 0 unspecified atom stereocenters. The van der Waals surface area contributed by atoms with Gasteiger partial charge in [-0.15, -0.1) is 11.3 Å². The molecular formula is C17H17BrN4S2. The predicted molar refractivity (Wildman–Crippen MR) is 107 cm³/mol. The molecule has 0 radical (unpaired) electrons. The molecule has 0 spiro atoms. The van der Waals surface area contributed by atoms with Crippen LogP contribution in [-0.4, -0.2) is 21.1 Å². The minimum Gasteiger partial charge on any atom is -0.250 e. The molecule has 0 saturated heterocycles. The van der Waals surface area contributed by atoms with Gasteiger partial charge in [0.25, 0.3) is 0 Å². The van der Waals surface area contributed by atoms with Crippen molar-refractivity contribution in [2.45, 2.75) is 26.2 Å². The maximum Gasteiger partial charge on any atom is 0.216 e. The topological polar surface area (TPSA) is 46.0 Å². The summed E-state index contributed by atoms with van der Waals surface area (Å²) in [5, 5.41) is 11.6. The summed E-state index contributed by atoms with van der Waals surface area (Å²) in [6.07, 6.45) is 1.79. The zero-order valence-corrected chi connectivity index (χ0v) is 16.8. The SMILES string of the molecule is CC(C)(C)c1ccc(-c2n[nH]c(=S)n2N=Cc2ccc(Br)s2)cc1. The van der Waals surface area contributed by atoms with Crippen molar-refractivity contribution in [1.82, 2.24) is 14.9 Å². The van der Waals surface area contributed by atoms with Gasteiger partial charge >= 0.3 is 0 Å². The van der Waals surface area contributed by atoms with Crippen molar-refractivity contribution in [3.8, 4) is 11.4 Å². The lowest BCUT2D eigenvalue weighted by Crippen LogP contribution is -2.10. The van der Waals surface area contributed by atoms with Gasteiger partial charge in [-0.3, -0.25) is 0 Å². The highest BCUT2D eigenvalue weighted by molar-refractivity contribution is 9.11. The van der Waals surface area contributed by atoms with Crippen molar-refractivity contribution in [3.05, 3.63) is 55.4 Å². The molecule has 0 bridgehead atoms. The van der Waals surface area contributed by atoms with Crippen molar-refractivity contribution in [1.29, 1.82) is 0 Å². The number of rotatable bonds is 3. The molecule has 0 aliphatic rings. The molecule has 2 heterocycles. The summed E-state index contributed by atoms with van der Waals surface area (Å²) < 4.78 is 3.18. The third kappa shape index (κ3) is 3.74. The van der Waals surface area contributed by atoms with Gasteiger partial charge in [0, 0.05) is 10.4 Å². The van der Waals surface area contributed by atoms with Gasteiger partial charge in [-0.05, 0) is 51.3 Å². The van der Waals surface area contributed by atoms with Crippen LogP contribution in [0.4, 0.5) is 0 Å². The normalized spacial score (nSPS) is 12.2. The first kappa shape index (κ1) is 17.3. The summed E-state index contributed by atoms with van der Waals surface area (Å²) in [5.41, 5.74) is 2.37. The van der Waals surface area contributed by atoms with Gasteiger partial charge in [-0.2, -0.15) is 14.9 Å². The molecule has 1 aromatic carbocycles. The smallest absolute Gasteiger partial charge is 0.216 e. The molecule has 3 aromatic rings. The van der Waals surface area contributed by atoms with Crippen molar-refractivity contribution in [2.75, 3.05) is 0 Å². The van der Waals surface area contributed by atoms with Crippen LogP contribution in [0.3, 0.4) is 0 Å². The van der Waals surface area contributed by atoms with Crippen LogP contribution in [0.15, 0.2) is 45.3 Å². The van der Waals surface area contributed by atoms with Crippen LogP contribution >= 0.6 is 39.5 Å². The van der Waals surface area contributed by atoms with E-state index in [0.29, 0.717) is 10.6 Å². The monoisotopic (exact) mass is 420 g/mol. The highest BCUT2D eigenvalue weighted by Gasteiger charge is 2.14. The van der Waals surface area contributed by atoms with E-state index in [9.17, 15) is 0 Å². The number of benzene rings is 1. The summed E-state index contributed by atoms with van der Waals surface area (Å²) in [6.45, 7) is 6.59. The number of nitrogens with zero attached hydrogens (tertiary/aromatic N) is 3. The molecule has 0 amide bonds. The Morgan fingerprint density at radius 3 is 2.50 bits per heavy atom. The molecule has 4 nitrogen and oxygen atoms in total. The van der Waals surface area contributed by atoms with Crippen LogP contribution in [0, 0.1) is 4.77 Å². The van der Waals surface area contributed by atoms with E-state index in [1.807, 2.05) is 12.1 Å². The van der Waals surface area contributed by atoms with Crippen LogP contribution in [0.5, 0.6) is 0 Å². The van der Waals surface area contributed by atoms with Crippen LogP contribution in [0.1, 0.15) is 31.2 Å². The van der Waals surface area contributed by atoms with Crippen LogP contribution in [0.25, 0.3) is 11.4 Å². The van der Waals surface area contributed by atoms with Gasteiger partial charge in [0.05, 0.1) is 10.0 Å². The first-order chi connectivity index (χ1) is 11.3. The zero-order valence-electron chi connectivity index (χ0n) is 13.6. The zero-order chi connectivity index (χ0) is 17.3. The number of hydrogen-bond donors (Lipinski definition) is 1. The second-order valence-corrected chi connectivity index (χ2v) is 9.26. The lowest BCUT2D eigenvalue weighted by atomic mass is 9.87. The molecule has 0 atom stereocenters. The summed E-state index contributed by atoms with van der Waals surface area (Å²) in [6, 6.07) is 12.3. The molecular weight excluding hydrogens is 404 g/mol. The van der Waals surface area contributed by atoms with E-state index in [1.165, 1.54) is 5.56 Å². The maximum absolute atomic E-state index is 5.30. The van der Waals surface area contributed by atoms with Crippen LogP contribution in [0.2, 0.25) is 0 Å². The fourth-order valence-electron chi connectivity index (χ4n) is 2.22. The van der Waals surface area contributed by atoms with Crippen LogP contribution < -0.4 is 0 Å². The number of thiophene rings is 1. The fraction of sp³-hybridized carbons (Fsp3) is 0.235. The van der Waals surface area contributed by atoms with E-state index >= 15 is 0 Å². The third-order valence-corrected chi connectivity index (χ3v) is 5.38. The van der Waals surface area contributed by atoms with Crippen molar-refractivity contribution in [3.63, 3.8) is 0 Å². The minimum atomic E-state index is 0.119. The van der Waals surface area contributed by atoms with E-state index in [0.717, 1.165) is 14.2 Å². The lowest BCUT2D eigenvalue weighted by molar-refractivity contribution is 0.590. The molecule has 0 aliphatic heterocycles. The quantitative estimate of drug-likeness (QED) is 0.441. The highest BCUT2D eigenvalue weighted by Crippen LogP contribution is 2.25. The number of nitrogens with one attached hydrogen (secondary N) is 1. The molecule has 124 valence electrons. The van der Waals surface area contributed by atoms with E-state index < -0.39 is 0 Å². The van der Waals surface area contributed by atoms with Crippen molar-refractivity contribution < 1.29 is 0 Å². The summed E-state index contributed by atoms with van der Waals surface area (Å²) in [7, 11) is 0. The maximum atomic E-state index is 5.30. The molecule has 0 aliphatic carbocycles. The average molecular weight is 421 g/mol. The van der Waals surface area contributed by atoms with Crippen LogP contribution in [-0.2, 0) is 5.41 Å². The van der Waals surface area contributed by atoms with Gasteiger partial charge in [0.15, 0.2) is 5.82 Å². The van der Waals surface area contributed by atoms with E-state index in [2.05, 4.69) is 76.3 Å². The van der Waals surface area contributed by atoms with Gasteiger partial charge in [-0.25, -0.2) is 5.10 Å². The first-order valence-corrected chi connectivity index (χ1v) is 9.44. The number of halogens is 1. The Balaban J connectivity index is 1.95. The standard InChI is InChI=1S/C17H17BrN4S2/c1-17(2,3)12-6-4-11(5-7-12)15-20-21-16(23)22(15)19-10-13-8-9-14(18)24-13/h4-10H,1-3H3,(H,21,23). The molecule has 0 fully saturated rings. The third-order valence-electron chi connectivity index (χ3n) is 3.55. The van der Waals surface area contributed by atoms with Crippen molar-refractivity contribution >= 4 is 45.7 Å². The second kappa shape index (κ2) is 6.74. The van der Waals surface area contributed by atoms with E-state index in [4.69, 9.17) is 12.2 Å². The van der Waals surface area contributed by atoms with Crippen molar-refractivity contribution in [2.24, 2.45) is 5.10 Å². The molecule has 7 heteroatoms. The number of aromatic amines is 1. The van der Waals surface area contributed by atoms with E-state index in [-0.39, 0.29) is 5.41 Å². The largest absolute Gasteiger partial charge is 0.250 e. The number of H-pyrrole nitrogens is 1. The molecule has 0 saturated carbocycles. The molecule has 3 rings (SSSR count). The Labute approximate surface area is 158 Å². The van der Waals surface area contributed by atoms with Gasteiger partial charge in [0.2, 0.25) is 4.77 Å². The number of hydrogen-bond acceptors (Lipinski definition) is 4. The first-order valence-electron chi connectivity index (χ1n) is 7.42. The predicted octanol–water partition coefficient (Wildman–Crippen LogP) is 5.61. The summed E-state index contributed by atoms with van der Waals surface area (Å²) in [4.78, 5) is 1.04. The summed E-state index contributed by atoms with van der Waals surface area (Å²) >= 11 is 10.4. The van der Waals surface area contributed by atoms with Gasteiger partial charge in [-0.1, -0.05) is 45.0 Å². The Bertz CT molecular complexity index is 927. The van der Waals surface area contributed by atoms with E-state index in [1.54, 1.807) is 22.2 Å². The number of aromatic nitrogens is 3. The Morgan fingerprint density at radius 2 is 1.92 bits per heavy atom. The minimum absolute atomic E-state index is 0.119. The Morgan fingerprint density at radius 1 is 1.21 bits per heavy atom. The molecule has 1 N–H and O–H groups in total. The lowest BCUT2D eigenvalue weighted by Gasteiger charge is -2.18. The van der Waals surface area contributed by atoms with Gasteiger partial charge in [0.1, 0.15) is 0 Å². The fourth-order valence-corrected chi connectivity index (χ4v) is 3.69.